The third-order valence-electron chi connectivity index (χ3n) is 2.91. The first kappa shape index (κ1) is 16.8. The van der Waals surface area contributed by atoms with E-state index in [1.807, 2.05) is 13.0 Å². The fraction of sp³-hybridized carbons (Fsp3) is 0.250. The average Bonchev–Trinajstić information content (AvgIpc) is 2.98. The zero-order chi connectivity index (χ0) is 16.8. The molecule has 1 aromatic heterocycles. The Morgan fingerprint density at radius 1 is 1.09 bits per heavy atom. The van der Waals surface area contributed by atoms with Crippen LogP contribution < -0.4 is 14.8 Å². The van der Waals surface area contributed by atoms with Crippen molar-refractivity contribution in [1.82, 2.24) is 0 Å². The third kappa shape index (κ3) is 4.72. The van der Waals surface area contributed by atoms with Crippen molar-refractivity contribution in [3.8, 4) is 11.5 Å². The largest absolute Gasteiger partial charge is 0.497 e. The summed E-state index contributed by atoms with van der Waals surface area (Å²) in [5.41, 5.74) is 0.495. The third-order valence-corrected chi connectivity index (χ3v) is 3.89. The minimum Gasteiger partial charge on any atom is -0.497 e. The molecular weight excluding hydrogens is 318 g/mol. The number of nitrogens with one attached hydrogen (secondary N) is 1. The lowest BCUT2D eigenvalue weighted by Gasteiger charge is -2.10. The molecule has 0 fully saturated rings. The normalized spacial score (nSPS) is 10.0. The van der Waals surface area contributed by atoms with Crippen molar-refractivity contribution < 1.29 is 23.8 Å². The number of anilines is 1. The maximum atomic E-state index is 11.9. The topological polar surface area (TPSA) is 73.9 Å². The van der Waals surface area contributed by atoms with Crippen LogP contribution in [0.25, 0.3) is 0 Å². The monoisotopic (exact) mass is 335 g/mol. The number of carbonyl (C=O) groups excluding carboxylic acids is 2. The molecule has 23 heavy (non-hydrogen) atoms. The number of thiophene rings is 1. The number of rotatable bonds is 6. The fourth-order valence-electron chi connectivity index (χ4n) is 1.82. The minimum absolute atomic E-state index is 0.366. The van der Waals surface area contributed by atoms with Crippen LogP contribution in [-0.2, 0) is 9.53 Å². The molecule has 0 aliphatic rings. The number of methoxy groups -OCH3 is 2. The van der Waals surface area contributed by atoms with E-state index in [9.17, 15) is 9.59 Å². The second-order valence-corrected chi connectivity index (χ2v) is 5.92. The van der Waals surface area contributed by atoms with Crippen LogP contribution in [0.5, 0.6) is 11.5 Å². The summed E-state index contributed by atoms with van der Waals surface area (Å²) in [5, 5.41) is 2.63. The summed E-state index contributed by atoms with van der Waals surface area (Å²) in [7, 11) is 3.04. The van der Waals surface area contributed by atoms with E-state index < -0.39 is 11.9 Å². The van der Waals surface area contributed by atoms with Crippen molar-refractivity contribution in [1.29, 1.82) is 0 Å². The van der Waals surface area contributed by atoms with Crippen LogP contribution in [-0.4, -0.2) is 32.7 Å². The molecule has 0 atom stereocenters. The Hall–Kier alpha value is -2.54. The van der Waals surface area contributed by atoms with Crippen molar-refractivity contribution in [2.75, 3.05) is 26.1 Å². The Labute approximate surface area is 138 Å². The zero-order valence-corrected chi connectivity index (χ0v) is 13.9. The number of hydrogen-bond donors (Lipinski definition) is 1. The average molecular weight is 335 g/mol. The molecule has 7 heteroatoms. The van der Waals surface area contributed by atoms with E-state index in [0.717, 1.165) is 4.88 Å². The van der Waals surface area contributed by atoms with E-state index in [-0.39, 0.29) is 6.61 Å². The van der Waals surface area contributed by atoms with Crippen molar-refractivity contribution in [3.05, 3.63) is 40.1 Å². The van der Waals surface area contributed by atoms with Gasteiger partial charge in [0, 0.05) is 28.8 Å². The summed E-state index contributed by atoms with van der Waals surface area (Å²) in [4.78, 5) is 25.1. The number of aryl methyl sites for hydroxylation is 1. The second kappa shape index (κ2) is 7.64. The summed E-state index contributed by atoms with van der Waals surface area (Å²) < 4.78 is 15.2. The molecule has 2 rings (SSSR count). The Morgan fingerprint density at radius 3 is 2.26 bits per heavy atom. The van der Waals surface area contributed by atoms with Gasteiger partial charge in [0.1, 0.15) is 16.4 Å². The highest BCUT2D eigenvalue weighted by Crippen LogP contribution is 2.25. The standard InChI is InChI=1S/C16H17NO5S/c1-10-4-5-14(23-10)16(19)22-9-15(18)17-11-6-12(20-2)8-13(7-11)21-3/h4-8H,9H2,1-3H3,(H,17,18). The molecule has 0 unspecified atom stereocenters. The minimum atomic E-state index is -0.513. The van der Waals surface area contributed by atoms with Crippen molar-refractivity contribution in [2.45, 2.75) is 6.92 Å². The van der Waals surface area contributed by atoms with Crippen LogP contribution in [0.4, 0.5) is 5.69 Å². The molecule has 0 spiro atoms. The van der Waals surface area contributed by atoms with Gasteiger partial charge in [0.25, 0.3) is 5.91 Å². The van der Waals surface area contributed by atoms with E-state index in [0.29, 0.717) is 22.1 Å². The number of ether oxygens (including phenoxy) is 3. The maximum absolute atomic E-state index is 11.9. The molecule has 0 radical (unpaired) electrons. The quantitative estimate of drug-likeness (QED) is 0.822. The van der Waals surface area contributed by atoms with E-state index in [1.54, 1.807) is 24.3 Å². The van der Waals surface area contributed by atoms with E-state index in [4.69, 9.17) is 14.2 Å². The zero-order valence-electron chi connectivity index (χ0n) is 13.0. The lowest BCUT2D eigenvalue weighted by atomic mass is 10.2. The molecule has 0 saturated carbocycles. The first-order valence-corrected chi connectivity index (χ1v) is 7.60. The van der Waals surface area contributed by atoms with Crippen LogP contribution in [0.1, 0.15) is 14.5 Å². The van der Waals surface area contributed by atoms with Crippen molar-refractivity contribution in [3.63, 3.8) is 0 Å². The molecule has 6 nitrogen and oxygen atoms in total. The van der Waals surface area contributed by atoms with Gasteiger partial charge in [-0.1, -0.05) is 0 Å². The van der Waals surface area contributed by atoms with Gasteiger partial charge in [-0.15, -0.1) is 11.3 Å². The molecule has 1 aromatic carbocycles. The summed E-state index contributed by atoms with van der Waals surface area (Å²) in [6.07, 6.45) is 0. The summed E-state index contributed by atoms with van der Waals surface area (Å²) in [6.45, 7) is 1.53. The highest BCUT2D eigenvalue weighted by molar-refractivity contribution is 7.13. The van der Waals surface area contributed by atoms with E-state index in [2.05, 4.69) is 5.32 Å². The van der Waals surface area contributed by atoms with Crippen LogP contribution in [0.15, 0.2) is 30.3 Å². The Bertz CT molecular complexity index is 688. The molecule has 122 valence electrons. The van der Waals surface area contributed by atoms with Crippen LogP contribution >= 0.6 is 11.3 Å². The molecule has 1 heterocycles. The van der Waals surface area contributed by atoms with Gasteiger partial charge in [0.05, 0.1) is 14.2 Å². The van der Waals surface area contributed by atoms with Crippen LogP contribution in [0, 0.1) is 6.92 Å². The molecule has 1 N–H and O–H groups in total. The Balaban J connectivity index is 1.93. The molecule has 2 aromatic rings. The maximum Gasteiger partial charge on any atom is 0.348 e. The van der Waals surface area contributed by atoms with Crippen LogP contribution in [0.2, 0.25) is 0 Å². The fourth-order valence-corrected chi connectivity index (χ4v) is 2.58. The molecule has 0 aliphatic carbocycles. The van der Waals surface area contributed by atoms with Crippen molar-refractivity contribution in [2.24, 2.45) is 0 Å². The van der Waals surface area contributed by atoms with Gasteiger partial charge < -0.3 is 19.5 Å². The molecule has 0 saturated heterocycles. The SMILES string of the molecule is COc1cc(NC(=O)COC(=O)c2ccc(C)s2)cc(OC)c1. The van der Waals surface area contributed by atoms with E-state index in [1.165, 1.54) is 25.6 Å². The van der Waals surface area contributed by atoms with Gasteiger partial charge in [0.2, 0.25) is 0 Å². The number of amides is 1. The lowest BCUT2D eigenvalue weighted by Crippen LogP contribution is -2.20. The van der Waals surface area contributed by atoms with Gasteiger partial charge >= 0.3 is 5.97 Å². The number of carbonyl (C=O) groups is 2. The number of esters is 1. The summed E-state index contributed by atoms with van der Waals surface area (Å²) in [5.74, 6) is 0.139. The lowest BCUT2D eigenvalue weighted by molar-refractivity contribution is -0.119. The smallest absolute Gasteiger partial charge is 0.348 e. The van der Waals surface area contributed by atoms with Gasteiger partial charge in [-0.2, -0.15) is 0 Å². The highest BCUT2D eigenvalue weighted by atomic mass is 32.1. The molecule has 0 aliphatic heterocycles. The predicted molar refractivity (Wildman–Crippen MR) is 87.5 cm³/mol. The predicted octanol–water partition coefficient (Wildman–Crippen LogP) is 2.87. The molecule has 0 bridgehead atoms. The van der Waals surface area contributed by atoms with Gasteiger partial charge in [-0.3, -0.25) is 4.79 Å². The van der Waals surface area contributed by atoms with E-state index >= 15 is 0 Å². The highest BCUT2D eigenvalue weighted by Gasteiger charge is 2.12. The summed E-state index contributed by atoms with van der Waals surface area (Å²) in [6, 6.07) is 8.47. The Kier molecular flexibility index (Phi) is 5.59. The first-order valence-electron chi connectivity index (χ1n) is 6.78. The second-order valence-electron chi connectivity index (χ2n) is 4.64. The van der Waals surface area contributed by atoms with Crippen LogP contribution in [0.3, 0.4) is 0 Å². The van der Waals surface area contributed by atoms with Gasteiger partial charge in [0.15, 0.2) is 6.61 Å². The van der Waals surface area contributed by atoms with Gasteiger partial charge in [-0.05, 0) is 19.1 Å². The summed E-state index contributed by atoms with van der Waals surface area (Å²) >= 11 is 1.32. The van der Waals surface area contributed by atoms with Gasteiger partial charge in [-0.25, -0.2) is 4.79 Å². The molecular formula is C16H17NO5S. The first-order chi connectivity index (χ1) is 11.0. The number of hydrogen-bond acceptors (Lipinski definition) is 6. The number of benzene rings is 1. The molecule has 1 amide bonds. The van der Waals surface area contributed by atoms with Crippen molar-refractivity contribution >= 4 is 28.9 Å². The Morgan fingerprint density at radius 2 is 1.74 bits per heavy atom.